The van der Waals surface area contributed by atoms with E-state index in [0.29, 0.717) is 44.6 Å². The zero-order chi connectivity index (χ0) is 21.3. The molecule has 1 aliphatic rings. The Morgan fingerprint density at radius 3 is 2.63 bits per heavy atom. The van der Waals surface area contributed by atoms with Gasteiger partial charge in [0.05, 0.1) is 0 Å². The molecule has 0 unspecified atom stereocenters. The molecule has 0 atom stereocenters. The first-order chi connectivity index (χ1) is 14.4. The maximum atomic E-state index is 13.4. The number of aromatic hydroxyl groups is 1. The van der Waals surface area contributed by atoms with E-state index in [9.17, 15) is 18.3 Å². The number of likely N-dealkylation sites (tertiary alicyclic amines) is 1. The molecule has 0 bridgehead atoms. The van der Waals surface area contributed by atoms with Crippen molar-refractivity contribution in [1.82, 2.24) is 24.5 Å². The Hall–Kier alpha value is -2.94. The molecule has 9 heteroatoms. The fourth-order valence-electron chi connectivity index (χ4n) is 3.96. The van der Waals surface area contributed by atoms with E-state index in [2.05, 4.69) is 26.5 Å². The molecule has 158 valence electrons. The molecule has 1 aliphatic heterocycles. The average Bonchev–Trinajstić information content (AvgIpc) is 3.19. The number of allylic oxidation sites excluding steroid dienone is 1. The maximum Gasteiger partial charge on any atom is 0.433 e. The van der Waals surface area contributed by atoms with Crippen LogP contribution in [0.4, 0.5) is 13.2 Å². The van der Waals surface area contributed by atoms with E-state index in [4.69, 9.17) is 0 Å². The molecular weight excluding hydrogens is 395 g/mol. The largest absolute Gasteiger partial charge is 0.507 e. The molecule has 1 fully saturated rings. The van der Waals surface area contributed by atoms with Gasteiger partial charge in [0.15, 0.2) is 5.69 Å². The van der Waals surface area contributed by atoms with Crippen LogP contribution in [0.25, 0.3) is 5.78 Å². The number of aromatic nitrogens is 4. The predicted octanol–water partition coefficient (Wildman–Crippen LogP) is 3.96. The Morgan fingerprint density at radius 2 is 1.93 bits per heavy atom. The second kappa shape index (κ2) is 8.06. The number of phenols is 1. The van der Waals surface area contributed by atoms with Crippen molar-refractivity contribution in [3.05, 3.63) is 65.8 Å². The molecule has 0 aliphatic carbocycles. The van der Waals surface area contributed by atoms with Gasteiger partial charge in [-0.15, -0.1) is 6.58 Å². The Kier molecular flexibility index (Phi) is 5.46. The number of para-hydroxylation sites is 1. The molecule has 0 saturated carbocycles. The first kappa shape index (κ1) is 20.3. The minimum atomic E-state index is -4.53. The fraction of sp³-hybridized carbons (Fsp3) is 0.381. The summed E-state index contributed by atoms with van der Waals surface area (Å²) >= 11 is 0. The molecule has 0 radical (unpaired) electrons. The monoisotopic (exact) mass is 417 g/mol. The molecule has 0 spiro atoms. The molecule has 30 heavy (non-hydrogen) atoms. The standard InChI is InChI=1S/C21H22F3N5O/c1-2-4-15-5-3-6-16(19(15)30)12-28-9-7-14(8-10-28)17-11-18(21(22,23)24)29-20(27-17)25-13-26-29/h2-3,5-6,11,13-14,30H,1,4,7-10,12H2. The highest BCUT2D eigenvalue weighted by Gasteiger charge is 2.36. The summed E-state index contributed by atoms with van der Waals surface area (Å²) in [6.07, 6.45) is 0.261. The highest BCUT2D eigenvalue weighted by molar-refractivity contribution is 5.41. The quantitative estimate of drug-likeness (QED) is 0.637. The first-order valence-electron chi connectivity index (χ1n) is 9.77. The minimum Gasteiger partial charge on any atom is -0.507 e. The zero-order valence-electron chi connectivity index (χ0n) is 16.3. The summed E-state index contributed by atoms with van der Waals surface area (Å²) in [4.78, 5) is 10.4. The smallest absolute Gasteiger partial charge is 0.433 e. The number of rotatable bonds is 5. The van der Waals surface area contributed by atoms with Gasteiger partial charge in [-0.3, -0.25) is 4.90 Å². The minimum absolute atomic E-state index is 0.0359. The Morgan fingerprint density at radius 1 is 1.20 bits per heavy atom. The SMILES string of the molecule is C=CCc1cccc(CN2CCC(c3cc(C(F)(F)F)n4ncnc4n3)CC2)c1O. The van der Waals surface area contributed by atoms with Crippen LogP contribution in [0.5, 0.6) is 5.75 Å². The Bertz CT molecular complexity index is 1050. The van der Waals surface area contributed by atoms with Gasteiger partial charge < -0.3 is 5.11 Å². The fourth-order valence-corrected chi connectivity index (χ4v) is 3.96. The third-order valence-corrected chi connectivity index (χ3v) is 5.53. The van der Waals surface area contributed by atoms with Gasteiger partial charge in [-0.05, 0) is 44.0 Å². The van der Waals surface area contributed by atoms with E-state index in [1.165, 1.54) is 0 Å². The number of alkyl halides is 3. The van der Waals surface area contributed by atoms with Gasteiger partial charge in [-0.25, -0.2) is 4.98 Å². The normalized spacial score (nSPS) is 16.2. The van der Waals surface area contributed by atoms with E-state index in [0.717, 1.165) is 28.0 Å². The lowest BCUT2D eigenvalue weighted by Crippen LogP contribution is -2.33. The van der Waals surface area contributed by atoms with E-state index in [1.807, 2.05) is 18.2 Å². The second-order valence-corrected chi connectivity index (χ2v) is 7.50. The molecule has 1 aromatic carbocycles. The van der Waals surface area contributed by atoms with Crippen LogP contribution in [0.3, 0.4) is 0 Å². The predicted molar refractivity (Wildman–Crippen MR) is 105 cm³/mol. The molecule has 6 nitrogen and oxygen atoms in total. The van der Waals surface area contributed by atoms with Gasteiger partial charge in [-0.1, -0.05) is 24.3 Å². The van der Waals surface area contributed by atoms with Crippen LogP contribution in [-0.2, 0) is 19.1 Å². The Labute approximate surface area is 171 Å². The molecule has 2 aromatic heterocycles. The van der Waals surface area contributed by atoms with Crippen molar-refractivity contribution in [2.45, 2.75) is 37.9 Å². The molecular formula is C21H22F3N5O. The summed E-state index contributed by atoms with van der Waals surface area (Å²) in [6.45, 7) is 5.71. The molecule has 1 saturated heterocycles. The van der Waals surface area contributed by atoms with Crippen LogP contribution < -0.4 is 0 Å². The van der Waals surface area contributed by atoms with Crippen LogP contribution in [-0.4, -0.2) is 42.7 Å². The van der Waals surface area contributed by atoms with Crippen LogP contribution >= 0.6 is 0 Å². The number of halogens is 3. The Balaban J connectivity index is 1.48. The number of hydrogen-bond acceptors (Lipinski definition) is 5. The molecule has 3 aromatic rings. The van der Waals surface area contributed by atoms with Crippen molar-refractivity contribution in [1.29, 1.82) is 0 Å². The molecule has 1 N–H and O–H groups in total. The van der Waals surface area contributed by atoms with E-state index < -0.39 is 11.9 Å². The number of benzene rings is 1. The highest BCUT2D eigenvalue weighted by atomic mass is 19.4. The van der Waals surface area contributed by atoms with Gasteiger partial charge in [0.25, 0.3) is 5.78 Å². The van der Waals surface area contributed by atoms with Crippen LogP contribution in [0.15, 0.2) is 43.2 Å². The summed E-state index contributed by atoms with van der Waals surface area (Å²) in [7, 11) is 0. The van der Waals surface area contributed by atoms with Crippen LogP contribution in [0, 0.1) is 0 Å². The van der Waals surface area contributed by atoms with Gasteiger partial charge >= 0.3 is 6.18 Å². The third kappa shape index (κ3) is 4.02. The molecule has 0 amide bonds. The van der Waals surface area contributed by atoms with Crippen molar-refractivity contribution in [3.63, 3.8) is 0 Å². The lowest BCUT2D eigenvalue weighted by Gasteiger charge is -2.32. The molecule has 3 heterocycles. The lowest BCUT2D eigenvalue weighted by atomic mass is 9.92. The number of nitrogens with zero attached hydrogens (tertiary/aromatic N) is 5. The number of piperidine rings is 1. The highest BCUT2D eigenvalue weighted by Crippen LogP contribution is 2.34. The van der Waals surface area contributed by atoms with Crippen molar-refractivity contribution in [2.24, 2.45) is 0 Å². The van der Waals surface area contributed by atoms with Gasteiger partial charge in [0.1, 0.15) is 12.1 Å². The summed E-state index contributed by atoms with van der Waals surface area (Å²) < 4.78 is 41.0. The summed E-state index contributed by atoms with van der Waals surface area (Å²) in [5.41, 5.74) is 1.22. The van der Waals surface area contributed by atoms with Gasteiger partial charge in [-0.2, -0.15) is 27.8 Å². The van der Waals surface area contributed by atoms with E-state index in [-0.39, 0.29) is 17.4 Å². The summed E-state index contributed by atoms with van der Waals surface area (Å²) in [5.74, 6) is 0.171. The zero-order valence-corrected chi connectivity index (χ0v) is 16.3. The van der Waals surface area contributed by atoms with Crippen molar-refractivity contribution in [3.8, 4) is 5.75 Å². The van der Waals surface area contributed by atoms with E-state index >= 15 is 0 Å². The van der Waals surface area contributed by atoms with Crippen molar-refractivity contribution in [2.75, 3.05) is 13.1 Å². The van der Waals surface area contributed by atoms with E-state index in [1.54, 1.807) is 6.08 Å². The number of fused-ring (bicyclic) bond motifs is 1. The number of hydrogen-bond donors (Lipinski definition) is 1. The van der Waals surface area contributed by atoms with Gasteiger partial charge in [0.2, 0.25) is 0 Å². The number of phenolic OH excluding ortho intramolecular Hbond substituents is 1. The summed E-state index contributed by atoms with van der Waals surface area (Å²) in [6, 6.07) is 6.77. The first-order valence-corrected chi connectivity index (χ1v) is 9.77. The van der Waals surface area contributed by atoms with Gasteiger partial charge in [0, 0.05) is 23.7 Å². The van der Waals surface area contributed by atoms with Crippen molar-refractivity contribution < 1.29 is 18.3 Å². The lowest BCUT2D eigenvalue weighted by molar-refractivity contribution is -0.142. The van der Waals surface area contributed by atoms with Crippen molar-refractivity contribution >= 4 is 5.78 Å². The third-order valence-electron chi connectivity index (χ3n) is 5.53. The second-order valence-electron chi connectivity index (χ2n) is 7.50. The average molecular weight is 417 g/mol. The van der Waals surface area contributed by atoms with Crippen LogP contribution in [0.2, 0.25) is 0 Å². The topological polar surface area (TPSA) is 66.5 Å². The maximum absolute atomic E-state index is 13.4. The summed E-state index contributed by atoms with van der Waals surface area (Å²) in [5, 5.41) is 14.1. The van der Waals surface area contributed by atoms with Crippen LogP contribution in [0.1, 0.15) is 41.3 Å². The molecule has 4 rings (SSSR count).